The lowest BCUT2D eigenvalue weighted by molar-refractivity contribution is 0.0955. The molecule has 6 bridgehead atoms. The molecule has 0 saturated carbocycles. The van der Waals surface area contributed by atoms with Crippen LogP contribution in [0.25, 0.3) is 0 Å². The van der Waals surface area contributed by atoms with E-state index in [2.05, 4.69) is 82.7 Å². The maximum atomic E-state index is 12.4. The van der Waals surface area contributed by atoms with Crippen molar-refractivity contribution < 1.29 is 28.8 Å². The minimum atomic E-state index is -0.149. The first-order valence-electron chi connectivity index (χ1n) is 18.6. The molecule has 1 aromatic heterocycles. The maximum Gasteiger partial charge on any atom is 0.262 e. The van der Waals surface area contributed by atoms with E-state index in [1.165, 1.54) is 28.0 Å². The summed E-state index contributed by atoms with van der Waals surface area (Å²) in [7, 11) is 5.99. The van der Waals surface area contributed by atoms with Crippen molar-refractivity contribution in [1.82, 2.24) is 20.1 Å². The van der Waals surface area contributed by atoms with Crippen molar-refractivity contribution in [2.45, 2.75) is 50.8 Å². The van der Waals surface area contributed by atoms with Crippen molar-refractivity contribution >= 4 is 17.2 Å². The summed E-state index contributed by atoms with van der Waals surface area (Å²) in [6, 6.07) is 23.2. The van der Waals surface area contributed by atoms with Gasteiger partial charge in [-0.3, -0.25) is 19.6 Å². The Morgan fingerprint density at radius 1 is 0.926 bits per heavy atom. The lowest BCUT2D eigenvalue weighted by atomic mass is 9.86. The van der Waals surface area contributed by atoms with E-state index in [1.54, 1.807) is 18.8 Å². The van der Waals surface area contributed by atoms with Crippen LogP contribution in [0.2, 0.25) is 0 Å². The second-order valence-corrected chi connectivity index (χ2v) is 15.2. The van der Waals surface area contributed by atoms with Crippen LogP contribution in [0.1, 0.15) is 67.1 Å². The highest BCUT2D eigenvalue weighted by molar-refractivity contribution is 7.11. The van der Waals surface area contributed by atoms with Gasteiger partial charge in [-0.25, -0.2) is 0 Å². The van der Waals surface area contributed by atoms with E-state index in [-0.39, 0.29) is 24.6 Å². The smallest absolute Gasteiger partial charge is 0.262 e. The summed E-state index contributed by atoms with van der Waals surface area (Å²) in [5.74, 6) is 3.85. The van der Waals surface area contributed by atoms with E-state index in [0.717, 1.165) is 66.1 Å². The number of amides is 1. The maximum absolute atomic E-state index is 12.4. The van der Waals surface area contributed by atoms with Gasteiger partial charge in [0.25, 0.3) is 5.91 Å². The lowest BCUT2D eigenvalue weighted by Gasteiger charge is -2.37. The number of aliphatic hydroxyl groups is 1. The fourth-order valence-corrected chi connectivity index (χ4v) is 8.51. The van der Waals surface area contributed by atoms with E-state index in [4.69, 9.17) is 18.9 Å². The van der Waals surface area contributed by atoms with E-state index >= 15 is 0 Å². The number of methoxy groups -OCH3 is 1. The molecule has 11 heteroatoms. The Morgan fingerprint density at radius 2 is 1.69 bits per heavy atom. The number of rotatable bonds is 8. The first kappa shape index (κ1) is 36.1. The summed E-state index contributed by atoms with van der Waals surface area (Å²) in [4.78, 5) is 21.7. The summed E-state index contributed by atoms with van der Waals surface area (Å²) >= 11 is 1.32. The molecule has 2 N–H and O–H groups in total. The quantitative estimate of drug-likeness (QED) is 0.159. The van der Waals surface area contributed by atoms with Crippen LogP contribution in [0, 0.1) is 0 Å². The van der Waals surface area contributed by atoms with Crippen molar-refractivity contribution in [2.75, 3.05) is 47.4 Å². The summed E-state index contributed by atoms with van der Waals surface area (Å²) in [6.45, 7) is 2.57. The molecule has 2 atom stereocenters. The van der Waals surface area contributed by atoms with Gasteiger partial charge < -0.3 is 29.4 Å². The number of benzene rings is 4. The average Bonchev–Trinajstić information content (AvgIpc) is 3.73. The number of thiazole rings is 1. The molecule has 0 fully saturated rings. The Hall–Kier alpha value is -4.94. The third-order valence-electron chi connectivity index (χ3n) is 10.9. The van der Waals surface area contributed by atoms with Crippen LogP contribution in [0.3, 0.4) is 0 Å². The zero-order valence-electron chi connectivity index (χ0n) is 31.0. The van der Waals surface area contributed by atoms with E-state index in [9.17, 15) is 9.90 Å². The molecule has 5 heterocycles. The van der Waals surface area contributed by atoms with Gasteiger partial charge in [0.2, 0.25) is 0 Å². The Bertz CT molecular complexity index is 2120. The predicted octanol–water partition coefficient (Wildman–Crippen LogP) is 7.28. The van der Waals surface area contributed by atoms with Crippen LogP contribution >= 0.6 is 11.3 Å². The number of carbonyl (C=O) groups is 1. The standard InChI is InChI=1S/C43H46N4O6S/c1-46-16-13-29-8-11-33-23-34(29)35(46)19-27-5-9-32(10-6-27)52-38-21-28(7-12-37(38)51-18-4-15-45-43(49)39-24-44-26-54-39)20-36-40-30(14-17-47(36)2)22-31(25-48)41(50-3)42(40)53-33/h5-12,21-24,26,35-36,48H,4,13-20,25H2,1-3H3,(H,45,49). The zero-order valence-corrected chi connectivity index (χ0v) is 31.8. The number of fused-ring (bicyclic) bond motifs is 2. The average molecular weight is 747 g/mol. The first-order valence-corrected chi connectivity index (χ1v) is 19.5. The number of carbonyl (C=O) groups excluding carboxylic acids is 1. The second-order valence-electron chi connectivity index (χ2n) is 14.3. The van der Waals surface area contributed by atoms with Crippen LogP contribution in [-0.4, -0.2) is 73.2 Å². The fraction of sp³-hybridized carbons (Fsp3) is 0.349. The zero-order chi connectivity index (χ0) is 37.2. The number of ether oxygens (including phenoxy) is 4. The molecule has 0 aliphatic carbocycles. The summed E-state index contributed by atoms with van der Waals surface area (Å²) < 4.78 is 25.9. The van der Waals surface area contributed by atoms with Gasteiger partial charge in [-0.2, -0.15) is 0 Å². The van der Waals surface area contributed by atoms with Gasteiger partial charge >= 0.3 is 0 Å². The monoisotopic (exact) mass is 746 g/mol. The van der Waals surface area contributed by atoms with Crippen molar-refractivity contribution in [3.8, 4) is 34.5 Å². The molecular formula is C43H46N4O6S. The third-order valence-corrected chi connectivity index (χ3v) is 11.7. The van der Waals surface area contributed by atoms with Gasteiger partial charge in [-0.05, 0) is 116 Å². The lowest BCUT2D eigenvalue weighted by Crippen LogP contribution is -2.34. The van der Waals surface area contributed by atoms with E-state index < -0.39 is 0 Å². The van der Waals surface area contributed by atoms with Crippen LogP contribution in [0.5, 0.6) is 34.5 Å². The summed E-state index contributed by atoms with van der Waals surface area (Å²) in [5.41, 5.74) is 9.48. The SMILES string of the molecule is COc1c(CO)cc2c3c1Oc1ccc4c(c1)C(Cc1ccc(cc1)Oc1cc(ccc1OCCCNC(=O)c1cncs1)CC3N(C)CC2)N(C)CC4. The van der Waals surface area contributed by atoms with Crippen LogP contribution in [0.15, 0.2) is 78.4 Å². The van der Waals surface area contributed by atoms with E-state index in [1.807, 2.05) is 18.2 Å². The molecule has 0 spiro atoms. The van der Waals surface area contributed by atoms with Crippen LogP contribution in [0.4, 0.5) is 0 Å². The third kappa shape index (κ3) is 7.41. The van der Waals surface area contributed by atoms with Gasteiger partial charge in [0, 0.05) is 42.8 Å². The second kappa shape index (κ2) is 15.8. The predicted molar refractivity (Wildman–Crippen MR) is 209 cm³/mol. The van der Waals surface area contributed by atoms with Crippen molar-refractivity contribution in [3.05, 3.63) is 122 Å². The van der Waals surface area contributed by atoms with Crippen LogP contribution < -0.4 is 24.3 Å². The highest BCUT2D eigenvalue weighted by Crippen LogP contribution is 2.48. The Balaban J connectivity index is 1.17. The molecule has 9 rings (SSSR count). The van der Waals surface area contributed by atoms with Crippen LogP contribution in [-0.2, 0) is 32.3 Å². The number of aromatic nitrogens is 1. The number of likely N-dealkylation sites (N-methyl/N-ethyl adjacent to an activating group) is 2. The molecule has 5 aromatic rings. The summed E-state index contributed by atoms with van der Waals surface area (Å²) in [5, 5.41) is 13.4. The Labute approximate surface area is 320 Å². The molecule has 4 aliphatic heterocycles. The number of hydrogen-bond acceptors (Lipinski definition) is 10. The van der Waals surface area contributed by atoms with Crippen molar-refractivity contribution in [1.29, 1.82) is 0 Å². The van der Waals surface area contributed by atoms with Gasteiger partial charge in [0.05, 0.1) is 32.0 Å². The molecule has 280 valence electrons. The number of aliphatic hydroxyl groups excluding tert-OH is 1. The topological polar surface area (TPSA) is 106 Å². The minimum Gasteiger partial charge on any atom is -0.492 e. The molecule has 0 saturated heterocycles. The fourth-order valence-electron chi connectivity index (χ4n) is 7.98. The molecule has 2 unspecified atom stereocenters. The van der Waals surface area contributed by atoms with Gasteiger partial charge in [0.15, 0.2) is 23.0 Å². The molecule has 1 amide bonds. The number of hydrogen-bond donors (Lipinski definition) is 2. The van der Waals surface area contributed by atoms with E-state index in [0.29, 0.717) is 53.9 Å². The van der Waals surface area contributed by atoms with Gasteiger partial charge in [-0.1, -0.05) is 24.3 Å². The Kier molecular flexibility index (Phi) is 10.6. The first-order chi connectivity index (χ1) is 26.4. The molecular weight excluding hydrogens is 701 g/mol. The molecule has 10 nitrogen and oxygen atoms in total. The summed E-state index contributed by atoms with van der Waals surface area (Å²) in [6.07, 6.45) is 5.52. The molecule has 0 radical (unpaired) electrons. The highest BCUT2D eigenvalue weighted by atomic mass is 32.1. The normalized spacial score (nSPS) is 18.1. The number of nitrogens with one attached hydrogen (secondary N) is 1. The largest absolute Gasteiger partial charge is 0.492 e. The molecule has 54 heavy (non-hydrogen) atoms. The minimum absolute atomic E-state index is 0.0400. The van der Waals surface area contributed by atoms with Crippen molar-refractivity contribution in [2.24, 2.45) is 0 Å². The molecule has 4 aromatic carbocycles. The Morgan fingerprint density at radius 3 is 2.46 bits per heavy atom. The number of nitrogens with zero attached hydrogens (tertiary/aromatic N) is 3. The van der Waals surface area contributed by atoms with Crippen molar-refractivity contribution in [3.63, 3.8) is 0 Å². The van der Waals surface area contributed by atoms with Gasteiger partial charge in [0.1, 0.15) is 16.4 Å². The molecule has 4 aliphatic rings. The van der Waals surface area contributed by atoms with Gasteiger partial charge in [-0.15, -0.1) is 11.3 Å². The highest BCUT2D eigenvalue weighted by Gasteiger charge is 2.33.